The molecule has 3 aromatic carbocycles. The standard InChI is InChI=1S/C29H29F2NO4/c30-22-8-12-26-20(14-22)6-10-28(35-26)24(33)17-32(16-19-4-2-1-3-5-19)18-25(34)29-11-7-21-15-23(31)9-13-27(21)36-29/h1-5,8-9,12-15,24,28-29,33H,6-7,10-11,16-18H2/t24?,28-,29+/m0/s1. The van der Waals surface area contributed by atoms with E-state index in [-0.39, 0.29) is 30.5 Å². The van der Waals surface area contributed by atoms with Crippen LogP contribution in [0.25, 0.3) is 0 Å². The molecule has 0 aromatic heterocycles. The first-order valence-electron chi connectivity index (χ1n) is 12.3. The Labute approximate surface area is 209 Å². The molecule has 188 valence electrons. The second kappa shape index (κ2) is 10.8. The summed E-state index contributed by atoms with van der Waals surface area (Å²) in [5.74, 6) is 0.423. The lowest BCUT2D eigenvalue weighted by Crippen LogP contribution is -2.46. The largest absolute Gasteiger partial charge is 0.487 e. The Balaban J connectivity index is 1.26. The van der Waals surface area contributed by atoms with Crippen molar-refractivity contribution in [2.45, 2.75) is 50.5 Å². The highest BCUT2D eigenvalue weighted by atomic mass is 19.1. The molecule has 1 N–H and O–H groups in total. The van der Waals surface area contributed by atoms with Crippen molar-refractivity contribution >= 4 is 5.78 Å². The van der Waals surface area contributed by atoms with Crippen LogP contribution in [0.15, 0.2) is 66.7 Å². The van der Waals surface area contributed by atoms with E-state index in [0.29, 0.717) is 43.7 Å². The van der Waals surface area contributed by atoms with Crippen LogP contribution in [-0.4, -0.2) is 47.2 Å². The Morgan fingerprint density at radius 1 is 0.917 bits per heavy atom. The smallest absolute Gasteiger partial charge is 0.187 e. The van der Waals surface area contributed by atoms with E-state index < -0.39 is 18.3 Å². The molecular formula is C29H29F2NO4. The lowest BCUT2D eigenvalue weighted by Gasteiger charge is -2.33. The number of carbonyl (C=O) groups excluding carboxylic acids is 1. The second-order valence-electron chi connectivity index (χ2n) is 9.53. The fourth-order valence-corrected chi connectivity index (χ4v) is 4.96. The Morgan fingerprint density at radius 3 is 2.25 bits per heavy atom. The van der Waals surface area contributed by atoms with E-state index in [1.165, 1.54) is 24.3 Å². The Kier molecular flexibility index (Phi) is 7.30. The molecule has 5 rings (SSSR count). The normalized spacial score (nSPS) is 19.6. The van der Waals surface area contributed by atoms with Gasteiger partial charge in [0.05, 0.1) is 6.54 Å². The summed E-state index contributed by atoms with van der Waals surface area (Å²) in [6, 6.07) is 18.5. The molecule has 2 aliphatic rings. The molecule has 3 aromatic rings. The first-order valence-corrected chi connectivity index (χ1v) is 12.3. The molecule has 0 bridgehead atoms. The summed E-state index contributed by atoms with van der Waals surface area (Å²) < 4.78 is 39.0. The average molecular weight is 494 g/mol. The van der Waals surface area contributed by atoms with Gasteiger partial charge in [-0.1, -0.05) is 30.3 Å². The predicted molar refractivity (Wildman–Crippen MR) is 131 cm³/mol. The van der Waals surface area contributed by atoms with Gasteiger partial charge in [-0.3, -0.25) is 9.69 Å². The maximum absolute atomic E-state index is 13.5. The van der Waals surface area contributed by atoms with Gasteiger partial charge >= 0.3 is 0 Å². The summed E-state index contributed by atoms with van der Waals surface area (Å²) in [5.41, 5.74) is 2.59. The SMILES string of the molecule is O=C(CN(Cc1ccccc1)CC(O)[C@@H]1CCc2cc(F)ccc2O1)[C@H]1CCc2cc(F)ccc2O1. The average Bonchev–Trinajstić information content (AvgIpc) is 2.88. The van der Waals surface area contributed by atoms with Crippen LogP contribution in [0.4, 0.5) is 8.78 Å². The lowest BCUT2D eigenvalue weighted by molar-refractivity contribution is -0.128. The van der Waals surface area contributed by atoms with Gasteiger partial charge in [-0.15, -0.1) is 0 Å². The zero-order valence-electron chi connectivity index (χ0n) is 19.9. The number of aliphatic hydroxyl groups is 1. The molecule has 2 heterocycles. The third-order valence-electron chi connectivity index (χ3n) is 6.83. The molecule has 0 radical (unpaired) electrons. The number of carbonyl (C=O) groups is 1. The van der Waals surface area contributed by atoms with E-state index in [0.717, 1.165) is 16.7 Å². The van der Waals surface area contributed by atoms with Gasteiger partial charge in [0.1, 0.15) is 35.3 Å². The summed E-state index contributed by atoms with van der Waals surface area (Å²) in [5, 5.41) is 11.1. The molecule has 5 nitrogen and oxygen atoms in total. The number of ketones is 1. The first kappa shape index (κ1) is 24.4. The summed E-state index contributed by atoms with van der Waals surface area (Å²) in [6.45, 7) is 0.810. The third-order valence-corrected chi connectivity index (χ3v) is 6.83. The zero-order chi connectivity index (χ0) is 25.1. The van der Waals surface area contributed by atoms with Gasteiger partial charge in [-0.25, -0.2) is 8.78 Å². The fourth-order valence-electron chi connectivity index (χ4n) is 4.96. The van der Waals surface area contributed by atoms with E-state index in [2.05, 4.69) is 0 Å². The highest BCUT2D eigenvalue weighted by Crippen LogP contribution is 2.30. The number of nitrogens with zero attached hydrogens (tertiary/aromatic N) is 1. The number of Topliss-reactive ketones (excluding diaryl/α,β-unsaturated/α-hetero) is 1. The van der Waals surface area contributed by atoms with Crippen molar-refractivity contribution in [3.05, 3.63) is 95.1 Å². The molecule has 0 saturated carbocycles. The molecule has 36 heavy (non-hydrogen) atoms. The minimum Gasteiger partial charge on any atom is -0.487 e. The number of benzene rings is 3. The molecule has 0 fully saturated rings. The molecule has 0 amide bonds. The van der Waals surface area contributed by atoms with Gasteiger partial charge in [-0.05, 0) is 78.8 Å². The summed E-state index contributed by atoms with van der Waals surface area (Å²) >= 11 is 0. The van der Waals surface area contributed by atoms with Crippen LogP contribution >= 0.6 is 0 Å². The molecule has 0 aliphatic carbocycles. The molecule has 0 saturated heterocycles. The minimum atomic E-state index is -0.837. The van der Waals surface area contributed by atoms with Gasteiger partial charge in [0.25, 0.3) is 0 Å². The summed E-state index contributed by atoms with van der Waals surface area (Å²) in [7, 11) is 0. The van der Waals surface area contributed by atoms with Crippen LogP contribution < -0.4 is 9.47 Å². The third kappa shape index (κ3) is 5.74. The van der Waals surface area contributed by atoms with Crippen molar-refractivity contribution in [1.29, 1.82) is 0 Å². The topological polar surface area (TPSA) is 59.0 Å². The van der Waals surface area contributed by atoms with Crippen LogP contribution in [0.5, 0.6) is 11.5 Å². The van der Waals surface area contributed by atoms with Crippen LogP contribution in [0.3, 0.4) is 0 Å². The number of hydrogen-bond donors (Lipinski definition) is 1. The van der Waals surface area contributed by atoms with Gasteiger partial charge in [0.15, 0.2) is 11.9 Å². The number of rotatable bonds is 8. The van der Waals surface area contributed by atoms with Gasteiger partial charge < -0.3 is 14.6 Å². The maximum atomic E-state index is 13.5. The van der Waals surface area contributed by atoms with E-state index >= 15 is 0 Å². The van der Waals surface area contributed by atoms with Crippen molar-refractivity contribution in [3.8, 4) is 11.5 Å². The van der Waals surface area contributed by atoms with E-state index in [1.807, 2.05) is 35.2 Å². The second-order valence-corrected chi connectivity index (χ2v) is 9.53. The Hall–Kier alpha value is -3.29. The van der Waals surface area contributed by atoms with E-state index in [9.17, 15) is 18.7 Å². The zero-order valence-corrected chi connectivity index (χ0v) is 19.9. The summed E-state index contributed by atoms with van der Waals surface area (Å²) in [4.78, 5) is 15.2. The maximum Gasteiger partial charge on any atom is 0.187 e. The van der Waals surface area contributed by atoms with E-state index in [4.69, 9.17) is 9.47 Å². The van der Waals surface area contributed by atoms with Crippen molar-refractivity contribution in [2.75, 3.05) is 13.1 Å². The molecule has 2 aliphatic heterocycles. The number of ether oxygens (including phenoxy) is 2. The van der Waals surface area contributed by atoms with Crippen molar-refractivity contribution < 1.29 is 28.2 Å². The minimum absolute atomic E-state index is 0.0847. The van der Waals surface area contributed by atoms with Gasteiger partial charge in [0, 0.05) is 13.1 Å². The Morgan fingerprint density at radius 2 is 1.56 bits per heavy atom. The van der Waals surface area contributed by atoms with Gasteiger partial charge in [-0.2, -0.15) is 0 Å². The van der Waals surface area contributed by atoms with Crippen molar-refractivity contribution in [1.82, 2.24) is 4.90 Å². The van der Waals surface area contributed by atoms with Crippen LogP contribution in [0.1, 0.15) is 29.5 Å². The number of hydrogen-bond acceptors (Lipinski definition) is 5. The summed E-state index contributed by atoms with van der Waals surface area (Å²) in [6.07, 6.45) is 0.314. The molecule has 3 atom stereocenters. The number of halogens is 2. The van der Waals surface area contributed by atoms with Crippen molar-refractivity contribution in [3.63, 3.8) is 0 Å². The van der Waals surface area contributed by atoms with Gasteiger partial charge in [0.2, 0.25) is 0 Å². The predicted octanol–water partition coefficient (Wildman–Crippen LogP) is 4.48. The fraction of sp³-hybridized carbons (Fsp3) is 0.345. The Bertz CT molecular complexity index is 1220. The quantitative estimate of drug-likeness (QED) is 0.501. The monoisotopic (exact) mass is 493 g/mol. The molecule has 1 unspecified atom stereocenters. The molecule has 7 heteroatoms. The van der Waals surface area contributed by atoms with Crippen molar-refractivity contribution in [2.24, 2.45) is 0 Å². The lowest BCUT2D eigenvalue weighted by atomic mass is 9.98. The first-order chi connectivity index (χ1) is 17.4. The van der Waals surface area contributed by atoms with Crippen LogP contribution in [0.2, 0.25) is 0 Å². The van der Waals surface area contributed by atoms with E-state index in [1.54, 1.807) is 12.1 Å². The molecule has 0 spiro atoms. The number of fused-ring (bicyclic) bond motifs is 2. The molecular weight excluding hydrogens is 464 g/mol. The number of aliphatic hydroxyl groups excluding tert-OH is 1. The van der Waals surface area contributed by atoms with Crippen LogP contribution in [0, 0.1) is 11.6 Å². The number of aryl methyl sites for hydroxylation is 2. The highest BCUT2D eigenvalue weighted by Gasteiger charge is 2.31. The van der Waals surface area contributed by atoms with Crippen LogP contribution in [-0.2, 0) is 24.2 Å². The highest BCUT2D eigenvalue weighted by molar-refractivity contribution is 5.85.